The molecule has 23 heavy (non-hydrogen) atoms. The summed E-state index contributed by atoms with van der Waals surface area (Å²) in [5.74, 6) is -1.34. The Morgan fingerprint density at radius 3 is 2.65 bits per heavy atom. The maximum absolute atomic E-state index is 11.9. The molecule has 0 bridgehead atoms. The number of nitrogens with zero attached hydrogens (tertiary/aromatic N) is 1. The van der Waals surface area contributed by atoms with Crippen LogP contribution in [0, 0.1) is 10.1 Å². The lowest BCUT2D eigenvalue weighted by Gasteiger charge is -2.14. The van der Waals surface area contributed by atoms with E-state index in [1.54, 1.807) is 0 Å². The molecule has 0 radical (unpaired) electrons. The molecule has 1 rings (SSSR count). The molecule has 0 saturated heterocycles. The second-order valence-electron chi connectivity index (χ2n) is 4.75. The lowest BCUT2D eigenvalue weighted by Crippen LogP contribution is -2.41. The van der Waals surface area contributed by atoms with E-state index in [4.69, 9.17) is 9.84 Å². The summed E-state index contributed by atoms with van der Waals surface area (Å²) in [5, 5.41) is 24.9. The van der Waals surface area contributed by atoms with Gasteiger partial charge in [0.1, 0.15) is 11.8 Å². The zero-order valence-corrected chi connectivity index (χ0v) is 12.9. The number of aliphatic carboxylic acids is 1. The number of nitrogens with one attached hydrogen (secondary N) is 2. The SMILES string of the molecule is CCCC(NCC(=O)Nc1ccc([N+](=O)[O-])cc1OC)C(=O)O. The number of non-ortho nitro benzene ring substituents is 1. The summed E-state index contributed by atoms with van der Waals surface area (Å²) in [5.41, 5.74) is 0.110. The lowest BCUT2D eigenvalue weighted by atomic mass is 10.1. The number of rotatable bonds is 9. The topological polar surface area (TPSA) is 131 Å². The maximum atomic E-state index is 11.9. The normalized spacial score (nSPS) is 11.6. The first-order chi connectivity index (χ1) is 10.9. The molecule has 1 unspecified atom stereocenters. The molecule has 1 aromatic rings. The summed E-state index contributed by atoms with van der Waals surface area (Å²) in [6.07, 6.45) is 1.07. The Kier molecular flexibility index (Phi) is 6.94. The van der Waals surface area contributed by atoms with Gasteiger partial charge in [0.15, 0.2) is 0 Å². The van der Waals surface area contributed by atoms with Gasteiger partial charge in [-0.25, -0.2) is 0 Å². The smallest absolute Gasteiger partial charge is 0.320 e. The predicted octanol–water partition coefficient (Wildman–Crippen LogP) is 1.38. The molecule has 0 aliphatic carbocycles. The van der Waals surface area contributed by atoms with Crippen LogP contribution in [-0.4, -0.2) is 41.6 Å². The summed E-state index contributed by atoms with van der Waals surface area (Å²) in [4.78, 5) is 33.0. The Morgan fingerprint density at radius 1 is 1.43 bits per heavy atom. The zero-order valence-electron chi connectivity index (χ0n) is 12.9. The van der Waals surface area contributed by atoms with E-state index in [2.05, 4.69) is 10.6 Å². The van der Waals surface area contributed by atoms with E-state index < -0.39 is 22.8 Å². The molecule has 9 nitrogen and oxygen atoms in total. The highest BCUT2D eigenvalue weighted by molar-refractivity contribution is 5.94. The summed E-state index contributed by atoms with van der Waals surface area (Å²) in [6, 6.07) is 2.99. The molecule has 0 spiro atoms. The number of ether oxygens (including phenoxy) is 1. The monoisotopic (exact) mass is 325 g/mol. The first kappa shape index (κ1) is 18.4. The number of nitro groups is 1. The molecular formula is C14H19N3O6. The fourth-order valence-corrected chi connectivity index (χ4v) is 1.91. The van der Waals surface area contributed by atoms with Crippen LogP contribution in [0.25, 0.3) is 0 Å². The van der Waals surface area contributed by atoms with Gasteiger partial charge in [0.2, 0.25) is 5.91 Å². The van der Waals surface area contributed by atoms with E-state index in [-0.39, 0.29) is 23.7 Å². The number of carbonyl (C=O) groups is 2. The minimum atomic E-state index is -1.02. The van der Waals surface area contributed by atoms with E-state index in [9.17, 15) is 19.7 Å². The third-order valence-corrected chi connectivity index (χ3v) is 3.05. The Hall–Kier alpha value is -2.68. The number of benzene rings is 1. The van der Waals surface area contributed by atoms with Crippen LogP contribution < -0.4 is 15.4 Å². The van der Waals surface area contributed by atoms with Gasteiger partial charge >= 0.3 is 5.97 Å². The van der Waals surface area contributed by atoms with Crippen molar-refractivity contribution in [2.45, 2.75) is 25.8 Å². The van der Waals surface area contributed by atoms with Gasteiger partial charge in [-0.2, -0.15) is 0 Å². The molecule has 0 heterocycles. The Labute approximate surface area is 132 Å². The second kappa shape index (κ2) is 8.69. The van der Waals surface area contributed by atoms with Crippen LogP contribution in [0.4, 0.5) is 11.4 Å². The second-order valence-corrected chi connectivity index (χ2v) is 4.75. The maximum Gasteiger partial charge on any atom is 0.320 e. The molecule has 1 aromatic carbocycles. The van der Waals surface area contributed by atoms with Gasteiger partial charge in [0.25, 0.3) is 5.69 Å². The van der Waals surface area contributed by atoms with Crippen molar-refractivity contribution in [3.63, 3.8) is 0 Å². The van der Waals surface area contributed by atoms with Crippen LogP contribution in [0.1, 0.15) is 19.8 Å². The number of hydrogen-bond donors (Lipinski definition) is 3. The number of carboxylic acids is 1. The molecule has 1 atom stereocenters. The highest BCUT2D eigenvalue weighted by Crippen LogP contribution is 2.28. The van der Waals surface area contributed by atoms with Crippen LogP contribution in [0.3, 0.4) is 0 Å². The number of carboxylic acid groups (broad SMARTS) is 1. The minimum Gasteiger partial charge on any atom is -0.494 e. The predicted molar refractivity (Wildman–Crippen MR) is 82.6 cm³/mol. The van der Waals surface area contributed by atoms with Crippen molar-refractivity contribution in [2.75, 3.05) is 19.0 Å². The average Bonchev–Trinajstić information content (AvgIpc) is 2.51. The number of nitro benzene ring substituents is 1. The molecule has 9 heteroatoms. The minimum absolute atomic E-state index is 0.149. The summed E-state index contributed by atoms with van der Waals surface area (Å²) in [6.45, 7) is 1.65. The van der Waals surface area contributed by atoms with Crippen molar-refractivity contribution >= 4 is 23.3 Å². The quantitative estimate of drug-likeness (QED) is 0.462. The van der Waals surface area contributed by atoms with Crippen LogP contribution >= 0.6 is 0 Å². The van der Waals surface area contributed by atoms with Gasteiger partial charge in [-0.3, -0.25) is 25.0 Å². The molecule has 0 saturated carbocycles. The highest BCUT2D eigenvalue weighted by Gasteiger charge is 2.18. The molecule has 1 amide bonds. The number of amides is 1. The number of anilines is 1. The largest absolute Gasteiger partial charge is 0.494 e. The molecule has 0 aliphatic rings. The lowest BCUT2D eigenvalue weighted by molar-refractivity contribution is -0.384. The molecule has 0 aromatic heterocycles. The number of hydrogen-bond acceptors (Lipinski definition) is 6. The standard InChI is InChI=1S/C14H19N3O6/c1-3-4-11(14(19)20)15-8-13(18)16-10-6-5-9(17(21)22)7-12(10)23-2/h5-7,11,15H,3-4,8H2,1-2H3,(H,16,18)(H,19,20). The van der Waals surface area contributed by atoms with E-state index in [0.29, 0.717) is 12.8 Å². The first-order valence-electron chi connectivity index (χ1n) is 6.97. The van der Waals surface area contributed by atoms with Crippen molar-refractivity contribution in [3.8, 4) is 5.75 Å². The number of carbonyl (C=O) groups excluding carboxylic acids is 1. The molecule has 126 valence electrons. The van der Waals surface area contributed by atoms with Crippen molar-refractivity contribution in [2.24, 2.45) is 0 Å². The van der Waals surface area contributed by atoms with Gasteiger partial charge in [0.05, 0.1) is 30.3 Å². The summed E-state index contributed by atoms with van der Waals surface area (Å²) < 4.78 is 5.01. The van der Waals surface area contributed by atoms with Gasteiger partial charge < -0.3 is 15.2 Å². The van der Waals surface area contributed by atoms with Crippen LogP contribution in [0.2, 0.25) is 0 Å². The van der Waals surface area contributed by atoms with Crippen molar-refractivity contribution < 1.29 is 24.4 Å². The molecule has 0 aliphatic heterocycles. The highest BCUT2D eigenvalue weighted by atomic mass is 16.6. The molecule has 0 fully saturated rings. The van der Waals surface area contributed by atoms with E-state index in [0.717, 1.165) is 0 Å². The summed E-state index contributed by atoms with van der Waals surface area (Å²) >= 11 is 0. The van der Waals surface area contributed by atoms with Crippen molar-refractivity contribution in [1.29, 1.82) is 0 Å². The average molecular weight is 325 g/mol. The third-order valence-electron chi connectivity index (χ3n) is 3.05. The fourth-order valence-electron chi connectivity index (χ4n) is 1.91. The Bertz CT molecular complexity index is 590. The van der Waals surface area contributed by atoms with E-state index in [1.807, 2.05) is 6.92 Å². The molecule has 3 N–H and O–H groups in total. The third kappa shape index (κ3) is 5.55. The van der Waals surface area contributed by atoms with Crippen molar-refractivity contribution in [1.82, 2.24) is 5.32 Å². The van der Waals surface area contributed by atoms with Crippen LogP contribution in [0.5, 0.6) is 5.75 Å². The Balaban J connectivity index is 2.70. The molecular weight excluding hydrogens is 306 g/mol. The van der Waals surface area contributed by atoms with E-state index >= 15 is 0 Å². The Morgan fingerprint density at radius 2 is 2.13 bits per heavy atom. The zero-order chi connectivity index (χ0) is 17.4. The first-order valence-corrected chi connectivity index (χ1v) is 6.97. The summed E-state index contributed by atoms with van der Waals surface area (Å²) in [7, 11) is 1.33. The number of methoxy groups -OCH3 is 1. The fraction of sp³-hybridized carbons (Fsp3) is 0.429. The van der Waals surface area contributed by atoms with Gasteiger partial charge in [-0.05, 0) is 12.5 Å². The van der Waals surface area contributed by atoms with Gasteiger partial charge in [0, 0.05) is 6.07 Å². The van der Waals surface area contributed by atoms with Crippen LogP contribution in [-0.2, 0) is 9.59 Å². The van der Waals surface area contributed by atoms with Crippen molar-refractivity contribution in [3.05, 3.63) is 28.3 Å². The van der Waals surface area contributed by atoms with Gasteiger partial charge in [-0.15, -0.1) is 0 Å². The van der Waals surface area contributed by atoms with E-state index in [1.165, 1.54) is 25.3 Å². The van der Waals surface area contributed by atoms with Gasteiger partial charge in [-0.1, -0.05) is 13.3 Å². The van der Waals surface area contributed by atoms with Crippen LogP contribution in [0.15, 0.2) is 18.2 Å².